The van der Waals surface area contributed by atoms with E-state index in [2.05, 4.69) is 32.3 Å². The Morgan fingerprint density at radius 3 is 1.67 bits per heavy atom. The zero-order chi connectivity index (χ0) is 43.2. The highest BCUT2D eigenvalue weighted by atomic mass is 16.5. The number of amides is 2. The van der Waals surface area contributed by atoms with Gasteiger partial charge in [0.2, 0.25) is 0 Å². The first kappa shape index (κ1) is 44.0. The summed E-state index contributed by atoms with van der Waals surface area (Å²) in [7, 11) is 4.43. The number of carbonyl (C=O) groups excluding carboxylic acids is 3. The lowest BCUT2D eigenvalue weighted by molar-refractivity contribution is -0.140. The van der Waals surface area contributed by atoms with E-state index >= 15 is 0 Å². The molecule has 0 aliphatic carbocycles. The van der Waals surface area contributed by atoms with Crippen LogP contribution in [0.1, 0.15) is 58.0 Å². The van der Waals surface area contributed by atoms with Gasteiger partial charge in [-0.05, 0) is 55.2 Å². The van der Waals surface area contributed by atoms with Gasteiger partial charge in [-0.25, -0.2) is 0 Å². The molecule has 0 radical (unpaired) electrons. The van der Waals surface area contributed by atoms with Gasteiger partial charge in [0.1, 0.15) is 0 Å². The first-order valence-electron chi connectivity index (χ1n) is 19.2. The summed E-state index contributed by atoms with van der Waals surface area (Å²) in [5.74, 6) is 0.536. The molecule has 60 heavy (non-hydrogen) atoms. The number of nitrogens with one attached hydrogen (secondary N) is 2. The third kappa shape index (κ3) is 10.7. The van der Waals surface area contributed by atoms with E-state index in [1.807, 2.05) is 55.5 Å². The average Bonchev–Trinajstić information content (AvgIpc) is 3.25. The van der Waals surface area contributed by atoms with Gasteiger partial charge in [0.15, 0.2) is 23.0 Å². The summed E-state index contributed by atoms with van der Waals surface area (Å²) in [4.78, 5) is 44.2. The Hall–Kier alpha value is -7.13. The molecule has 0 atom stereocenters. The fourth-order valence-electron chi connectivity index (χ4n) is 6.27. The molecule has 0 spiro atoms. The minimum Gasteiger partial charge on any atom is -0.493 e. The number of para-hydroxylation sites is 2. The number of pyridine rings is 2. The second kappa shape index (κ2) is 21.0. The van der Waals surface area contributed by atoms with E-state index in [0.29, 0.717) is 87.8 Å². The molecule has 0 saturated carbocycles. The zero-order valence-corrected chi connectivity index (χ0v) is 34.3. The molecule has 7 N–H and O–H groups in total. The van der Waals surface area contributed by atoms with E-state index in [9.17, 15) is 14.4 Å². The summed E-state index contributed by atoms with van der Waals surface area (Å²) >= 11 is 0. The topological polar surface area (TPSA) is 219 Å². The Morgan fingerprint density at radius 2 is 1.18 bits per heavy atom. The van der Waals surface area contributed by atoms with Crippen molar-refractivity contribution in [2.24, 2.45) is 11.5 Å². The molecule has 6 aromatic rings. The van der Waals surface area contributed by atoms with Gasteiger partial charge in [-0.1, -0.05) is 43.3 Å². The van der Waals surface area contributed by atoms with E-state index < -0.39 is 11.8 Å². The van der Waals surface area contributed by atoms with Crippen molar-refractivity contribution in [2.45, 2.75) is 39.5 Å². The maximum Gasteiger partial charge on any atom is 0.305 e. The molecule has 15 nitrogen and oxygen atoms in total. The number of carbonyl (C=O) groups is 3. The van der Waals surface area contributed by atoms with Gasteiger partial charge in [-0.2, -0.15) is 0 Å². The molecular formula is C45H50N6O9. The number of aliphatic hydroxyl groups is 1. The number of methoxy groups -OCH3 is 3. The lowest BCUT2D eigenvalue weighted by atomic mass is 10.1. The van der Waals surface area contributed by atoms with Crippen LogP contribution in [0.4, 0.5) is 22.7 Å². The predicted molar refractivity (Wildman–Crippen MR) is 231 cm³/mol. The van der Waals surface area contributed by atoms with Crippen LogP contribution in [0, 0.1) is 6.92 Å². The maximum absolute atomic E-state index is 12.1. The summed E-state index contributed by atoms with van der Waals surface area (Å²) in [6.45, 7) is 4.74. The van der Waals surface area contributed by atoms with E-state index in [0.717, 1.165) is 28.9 Å². The van der Waals surface area contributed by atoms with Gasteiger partial charge in [0.25, 0.3) is 11.8 Å². The Bertz CT molecular complexity index is 2480. The van der Waals surface area contributed by atoms with Crippen LogP contribution < -0.4 is 41.0 Å². The largest absolute Gasteiger partial charge is 0.493 e. The Kier molecular flexibility index (Phi) is 15.4. The number of aromatic nitrogens is 2. The van der Waals surface area contributed by atoms with Crippen LogP contribution in [0.25, 0.3) is 21.8 Å². The molecule has 0 saturated heterocycles. The van der Waals surface area contributed by atoms with Crippen LogP contribution in [-0.2, 0) is 16.0 Å². The third-order valence-corrected chi connectivity index (χ3v) is 9.47. The molecule has 0 aliphatic rings. The van der Waals surface area contributed by atoms with E-state index in [-0.39, 0.29) is 24.6 Å². The van der Waals surface area contributed by atoms with Gasteiger partial charge >= 0.3 is 5.97 Å². The number of fused-ring (bicyclic) bond motifs is 2. The number of rotatable bonds is 18. The number of hydrogen-bond acceptors (Lipinski definition) is 13. The predicted octanol–water partition coefficient (Wildman–Crippen LogP) is 7.14. The molecule has 2 heterocycles. The first-order chi connectivity index (χ1) is 29.0. The number of aryl methyl sites for hydroxylation is 2. The second-order valence-corrected chi connectivity index (χ2v) is 13.4. The number of benzene rings is 4. The molecule has 0 aliphatic heterocycles. The number of hydrogen-bond donors (Lipinski definition) is 5. The van der Waals surface area contributed by atoms with Gasteiger partial charge in [-0.15, -0.1) is 0 Å². The van der Waals surface area contributed by atoms with Crippen molar-refractivity contribution in [3.05, 3.63) is 107 Å². The molecular weight excluding hydrogens is 769 g/mol. The van der Waals surface area contributed by atoms with Crippen LogP contribution in [0.2, 0.25) is 0 Å². The van der Waals surface area contributed by atoms with Gasteiger partial charge < -0.3 is 50.9 Å². The lowest BCUT2D eigenvalue weighted by Gasteiger charge is -2.17. The van der Waals surface area contributed by atoms with Crippen LogP contribution in [-0.4, -0.2) is 74.0 Å². The van der Waals surface area contributed by atoms with Crippen molar-refractivity contribution in [3.8, 4) is 23.0 Å². The highest BCUT2D eigenvalue weighted by molar-refractivity contribution is 6.09. The fourth-order valence-corrected chi connectivity index (χ4v) is 6.27. The number of anilines is 4. The number of primary amides is 2. The molecule has 314 valence electrons. The average molecular weight is 819 g/mol. The van der Waals surface area contributed by atoms with Crippen LogP contribution in [0.5, 0.6) is 23.0 Å². The fraction of sp³-hybridized carbons (Fsp3) is 0.267. The summed E-state index contributed by atoms with van der Waals surface area (Å²) in [6.07, 6.45) is 5.02. The van der Waals surface area contributed by atoms with Crippen molar-refractivity contribution in [2.75, 3.05) is 51.8 Å². The number of aliphatic hydroxyl groups excluding tert-OH is 1. The van der Waals surface area contributed by atoms with Gasteiger partial charge in [-0.3, -0.25) is 24.4 Å². The minimum absolute atomic E-state index is 0.0427. The SMILES string of the molecule is CCc1ccccc1Nc1c(C(N)=O)cnc2cc(OCCCO)c(OC)cc12.COC(=O)CCCOc1cc2ncc(C(N)=O)c(Nc3ccccc3C)c2cc1OC. The smallest absolute Gasteiger partial charge is 0.305 e. The minimum atomic E-state index is -0.590. The maximum atomic E-state index is 12.1. The van der Waals surface area contributed by atoms with Gasteiger partial charge in [0, 0.05) is 66.1 Å². The highest BCUT2D eigenvalue weighted by Crippen LogP contribution is 2.39. The zero-order valence-electron chi connectivity index (χ0n) is 34.3. The van der Waals surface area contributed by atoms with Crippen LogP contribution in [0.3, 0.4) is 0 Å². The molecule has 2 amide bonds. The summed E-state index contributed by atoms with van der Waals surface area (Å²) in [6, 6.07) is 22.7. The summed E-state index contributed by atoms with van der Waals surface area (Å²) < 4.78 is 27.1. The van der Waals surface area contributed by atoms with E-state index in [1.54, 1.807) is 31.4 Å². The molecule has 6 rings (SSSR count). The van der Waals surface area contributed by atoms with E-state index in [4.69, 9.17) is 35.5 Å². The lowest BCUT2D eigenvalue weighted by Crippen LogP contribution is -2.14. The Morgan fingerprint density at radius 1 is 0.683 bits per heavy atom. The molecule has 2 aromatic heterocycles. The molecule has 4 aromatic carbocycles. The Labute approximate surface area is 348 Å². The normalized spacial score (nSPS) is 10.6. The number of nitrogens with two attached hydrogens (primary N) is 2. The highest BCUT2D eigenvalue weighted by Gasteiger charge is 2.20. The third-order valence-electron chi connectivity index (χ3n) is 9.47. The molecule has 15 heteroatoms. The number of esters is 1. The van der Waals surface area contributed by atoms with Crippen LogP contribution >= 0.6 is 0 Å². The van der Waals surface area contributed by atoms with Crippen molar-refractivity contribution in [3.63, 3.8) is 0 Å². The van der Waals surface area contributed by atoms with Crippen molar-refractivity contribution in [1.82, 2.24) is 9.97 Å². The van der Waals surface area contributed by atoms with Crippen LogP contribution in [0.15, 0.2) is 85.2 Å². The quantitative estimate of drug-likeness (QED) is 0.0431. The number of nitrogens with zero attached hydrogens (tertiary/aromatic N) is 2. The van der Waals surface area contributed by atoms with Gasteiger partial charge in [0.05, 0.1) is 68.1 Å². The second-order valence-electron chi connectivity index (χ2n) is 13.4. The summed E-state index contributed by atoms with van der Waals surface area (Å²) in [5, 5.41) is 17.0. The molecule has 0 unspecified atom stereocenters. The number of ether oxygens (including phenoxy) is 5. The van der Waals surface area contributed by atoms with Crippen molar-refractivity contribution < 1.29 is 43.2 Å². The molecule has 0 bridgehead atoms. The monoisotopic (exact) mass is 818 g/mol. The van der Waals surface area contributed by atoms with Crippen molar-refractivity contribution >= 4 is 62.3 Å². The first-order valence-corrected chi connectivity index (χ1v) is 19.2. The standard InChI is InChI=1S/C23H25N3O5.C22H25N3O4/c1-14-7-4-5-8-17(14)26-22-15-11-19(29-2)20(31-10-6-9-21(27)30-3)12-18(15)25-13-16(22)23(24)28;1-3-14-7-4-5-8-17(14)25-21-15-11-19(28-2)20(29-10-6-9-26)12-18(15)24-13-16(21)22(23)27/h4-5,7-8,11-13H,6,9-10H2,1-3H3,(H2,24,28)(H,25,26);4-5,7-8,11-13,26H,3,6,9-10H2,1-2H3,(H2,23,27)(H,24,25). The molecule has 0 fully saturated rings. The van der Waals surface area contributed by atoms with E-state index in [1.165, 1.54) is 26.6 Å². The van der Waals surface area contributed by atoms with Crippen molar-refractivity contribution in [1.29, 1.82) is 0 Å². The Balaban J connectivity index is 0.000000228. The summed E-state index contributed by atoms with van der Waals surface area (Å²) in [5.41, 5.74) is 18.0.